The van der Waals surface area contributed by atoms with E-state index < -0.39 is 0 Å². The fourth-order valence-electron chi connectivity index (χ4n) is 3.70. The topological polar surface area (TPSA) is 52.8 Å². The minimum Gasteiger partial charge on any atom is -0.507 e. The lowest BCUT2D eigenvalue weighted by Crippen LogP contribution is -2.29. The van der Waals surface area contributed by atoms with E-state index in [-0.39, 0.29) is 23.0 Å². The molecule has 1 spiro atoms. The number of unbranched alkanes of at least 4 members (excludes halogenated alkanes) is 1. The van der Waals surface area contributed by atoms with Crippen molar-refractivity contribution in [3.8, 4) is 11.5 Å². The van der Waals surface area contributed by atoms with Crippen LogP contribution in [-0.2, 0) is 6.42 Å². The Hall–Kier alpha value is -1.77. The van der Waals surface area contributed by atoms with Gasteiger partial charge in [-0.15, -0.1) is 0 Å². The molecule has 0 aromatic heterocycles. The van der Waals surface area contributed by atoms with Crippen molar-refractivity contribution in [2.75, 3.05) is 0 Å². The van der Waals surface area contributed by atoms with E-state index >= 15 is 0 Å². The van der Waals surface area contributed by atoms with Crippen molar-refractivity contribution in [2.24, 2.45) is 4.99 Å². The summed E-state index contributed by atoms with van der Waals surface area (Å²) in [6.45, 7) is 6.30. The fourth-order valence-corrected chi connectivity index (χ4v) is 3.70. The van der Waals surface area contributed by atoms with Crippen molar-refractivity contribution in [3.05, 3.63) is 34.9 Å². The van der Waals surface area contributed by atoms with Crippen LogP contribution in [0, 0.1) is 0 Å². The number of aromatic hydroxyl groups is 2. The molecule has 0 bridgehead atoms. The third-order valence-electron chi connectivity index (χ3n) is 5.14. The minimum atomic E-state index is -0.195. The van der Waals surface area contributed by atoms with E-state index in [0.717, 1.165) is 43.4 Å². The first-order valence-electron chi connectivity index (χ1n) is 8.27. The maximum atomic E-state index is 10.5. The molecule has 2 aliphatic rings. The zero-order valence-corrected chi connectivity index (χ0v) is 13.7. The molecule has 3 rings (SSSR count). The lowest BCUT2D eigenvalue weighted by Gasteiger charge is -2.30. The van der Waals surface area contributed by atoms with E-state index in [1.54, 1.807) is 0 Å². The first-order valence-corrected chi connectivity index (χ1v) is 8.27. The molecule has 1 aliphatic carbocycles. The number of hydrogen-bond donors (Lipinski definition) is 2. The number of rotatable bonds is 4. The van der Waals surface area contributed by atoms with Gasteiger partial charge in [-0.3, -0.25) is 4.99 Å². The fraction of sp³-hybridized carbons (Fsp3) is 0.526. The van der Waals surface area contributed by atoms with Crippen LogP contribution in [0.5, 0.6) is 11.5 Å². The molecule has 2 atom stereocenters. The second-order valence-electron chi connectivity index (χ2n) is 6.76. The summed E-state index contributed by atoms with van der Waals surface area (Å²) < 4.78 is 0. The number of aliphatic imine (C=N–C) groups is 1. The van der Waals surface area contributed by atoms with Gasteiger partial charge >= 0.3 is 0 Å². The molecule has 22 heavy (non-hydrogen) atoms. The Bertz CT molecular complexity index is 636. The Labute approximate surface area is 132 Å². The van der Waals surface area contributed by atoms with Crippen molar-refractivity contribution in [1.82, 2.24) is 0 Å². The van der Waals surface area contributed by atoms with Crippen LogP contribution in [0.2, 0.25) is 0 Å². The predicted molar refractivity (Wildman–Crippen MR) is 90.0 cm³/mol. The first-order chi connectivity index (χ1) is 10.5. The number of phenolic OH excluding ortho intramolecular Hbond substituents is 2. The highest BCUT2D eigenvalue weighted by Gasteiger charge is 2.52. The standard InChI is InChI=1S/C19H25NO2/c1-4-5-6-14-10-16(21)18(17(22)11-14)15-9-12(2)7-8-19(15)13(3)20-19/h9-11,15,21-22H,4-8H2,1-3H3/t15-,19+/m0/s1. The van der Waals surface area contributed by atoms with E-state index in [2.05, 4.69) is 24.9 Å². The van der Waals surface area contributed by atoms with Gasteiger partial charge in [0.1, 0.15) is 17.0 Å². The van der Waals surface area contributed by atoms with Crippen LogP contribution in [0.4, 0.5) is 0 Å². The highest BCUT2D eigenvalue weighted by atomic mass is 16.3. The van der Waals surface area contributed by atoms with E-state index in [1.807, 2.05) is 19.1 Å². The lowest BCUT2D eigenvalue weighted by atomic mass is 9.73. The van der Waals surface area contributed by atoms with Crippen LogP contribution >= 0.6 is 0 Å². The summed E-state index contributed by atoms with van der Waals surface area (Å²) in [5.74, 6) is 0.370. The van der Waals surface area contributed by atoms with E-state index in [0.29, 0.717) is 5.56 Å². The van der Waals surface area contributed by atoms with Gasteiger partial charge in [-0.2, -0.15) is 0 Å². The second kappa shape index (κ2) is 5.45. The van der Waals surface area contributed by atoms with E-state index in [4.69, 9.17) is 0 Å². The third-order valence-corrected chi connectivity index (χ3v) is 5.14. The van der Waals surface area contributed by atoms with Crippen molar-refractivity contribution in [1.29, 1.82) is 0 Å². The molecule has 2 N–H and O–H groups in total. The summed E-state index contributed by atoms with van der Waals surface area (Å²) in [6.07, 6.45) is 7.23. The Morgan fingerprint density at radius 1 is 1.23 bits per heavy atom. The number of allylic oxidation sites excluding steroid dienone is 1. The highest BCUT2D eigenvalue weighted by Crippen LogP contribution is 2.53. The quantitative estimate of drug-likeness (QED) is 0.805. The third kappa shape index (κ3) is 2.43. The highest BCUT2D eigenvalue weighted by molar-refractivity contribution is 6.05. The summed E-state index contributed by atoms with van der Waals surface area (Å²) >= 11 is 0. The molecule has 1 aromatic rings. The lowest BCUT2D eigenvalue weighted by molar-refractivity contribution is 0.414. The van der Waals surface area contributed by atoms with Crippen molar-refractivity contribution >= 4 is 5.71 Å². The van der Waals surface area contributed by atoms with Gasteiger partial charge in [0.2, 0.25) is 0 Å². The van der Waals surface area contributed by atoms with Gasteiger partial charge in [-0.05, 0) is 57.2 Å². The van der Waals surface area contributed by atoms with Crippen LogP contribution in [-0.4, -0.2) is 21.5 Å². The zero-order valence-electron chi connectivity index (χ0n) is 13.7. The molecule has 0 saturated heterocycles. The van der Waals surface area contributed by atoms with Crippen LogP contribution in [0.25, 0.3) is 0 Å². The molecular weight excluding hydrogens is 274 g/mol. The van der Waals surface area contributed by atoms with Gasteiger partial charge < -0.3 is 10.2 Å². The largest absolute Gasteiger partial charge is 0.507 e. The number of nitrogens with zero attached hydrogens (tertiary/aromatic N) is 1. The Morgan fingerprint density at radius 3 is 2.41 bits per heavy atom. The maximum Gasteiger partial charge on any atom is 0.123 e. The molecule has 3 nitrogen and oxygen atoms in total. The average Bonchev–Trinajstić information content (AvgIpc) is 3.11. The summed E-state index contributed by atoms with van der Waals surface area (Å²) in [5, 5.41) is 21.0. The molecule has 0 saturated carbocycles. The number of phenols is 2. The van der Waals surface area contributed by atoms with Crippen LogP contribution in [0.3, 0.4) is 0 Å². The molecular formula is C19H25NO2. The molecule has 0 radical (unpaired) electrons. The van der Waals surface area contributed by atoms with Gasteiger partial charge in [0, 0.05) is 17.2 Å². The zero-order chi connectivity index (χ0) is 15.9. The SMILES string of the molecule is CCCCc1cc(O)c([C@@H]2C=C(C)CC[C@]23N=C3C)c(O)c1. The van der Waals surface area contributed by atoms with Crippen LogP contribution in [0.15, 0.2) is 28.8 Å². The molecule has 1 aromatic carbocycles. The van der Waals surface area contributed by atoms with Crippen molar-refractivity contribution < 1.29 is 10.2 Å². The number of aryl methyl sites for hydroxylation is 1. The molecule has 118 valence electrons. The smallest absolute Gasteiger partial charge is 0.123 e. The van der Waals surface area contributed by atoms with Gasteiger partial charge in [-0.1, -0.05) is 25.0 Å². The summed E-state index contributed by atoms with van der Waals surface area (Å²) in [7, 11) is 0. The second-order valence-corrected chi connectivity index (χ2v) is 6.76. The average molecular weight is 299 g/mol. The predicted octanol–water partition coefficient (Wildman–Crippen LogP) is 4.48. The monoisotopic (exact) mass is 299 g/mol. The molecule has 0 fully saturated rings. The summed E-state index contributed by atoms with van der Waals surface area (Å²) in [4.78, 5) is 4.64. The van der Waals surface area contributed by atoms with Crippen molar-refractivity contribution in [2.45, 2.75) is 64.3 Å². The van der Waals surface area contributed by atoms with Gasteiger partial charge in [0.15, 0.2) is 0 Å². The van der Waals surface area contributed by atoms with Gasteiger partial charge in [0.05, 0.1) is 0 Å². The maximum absolute atomic E-state index is 10.5. The van der Waals surface area contributed by atoms with Gasteiger partial charge in [-0.25, -0.2) is 0 Å². The Morgan fingerprint density at radius 2 is 1.86 bits per heavy atom. The van der Waals surface area contributed by atoms with Crippen LogP contribution in [0.1, 0.15) is 63.5 Å². The normalized spacial score (nSPS) is 26.8. The first kappa shape index (κ1) is 15.1. The van der Waals surface area contributed by atoms with Gasteiger partial charge in [0.25, 0.3) is 0 Å². The number of benzene rings is 1. The molecule has 0 unspecified atom stereocenters. The Balaban J connectivity index is 1.98. The van der Waals surface area contributed by atoms with Crippen molar-refractivity contribution in [3.63, 3.8) is 0 Å². The van der Waals surface area contributed by atoms with E-state index in [9.17, 15) is 10.2 Å². The van der Waals surface area contributed by atoms with Crippen LogP contribution < -0.4 is 0 Å². The molecule has 1 aliphatic heterocycles. The molecule has 0 amide bonds. The summed E-state index contributed by atoms with van der Waals surface area (Å²) in [5.41, 5.74) is 3.88. The molecule has 3 heteroatoms. The minimum absolute atomic E-state index is 0.0403. The Kier molecular flexibility index (Phi) is 3.75. The number of hydrogen-bond acceptors (Lipinski definition) is 3. The molecule has 1 heterocycles. The van der Waals surface area contributed by atoms with E-state index in [1.165, 1.54) is 5.57 Å². The summed E-state index contributed by atoms with van der Waals surface area (Å²) in [6, 6.07) is 3.63.